The van der Waals surface area contributed by atoms with Crippen LogP contribution in [0.1, 0.15) is 62.7 Å². The van der Waals surface area contributed by atoms with Gasteiger partial charge in [-0.15, -0.1) is 0 Å². The normalized spacial score (nSPS) is 22.4. The highest BCUT2D eigenvalue weighted by atomic mass is 35.5. The van der Waals surface area contributed by atoms with Crippen LogP contribution >= 0.6 is 23.2 Å². The average Bonchev–Trinajstić information content (AvgIpc) is 2.79. The smallest absolute Gasteiger partial charge is 0.255 e. The Morgan fingerprint density at radius 2 is 1.67 bits per heavy atom. The fourth-order valence-corrected chi connectivity index (χ4v) is 5.78. The summed E-state index contributed by atoms with van der Waals surface area (Å²) in [4.78, 5) is 17.9. The second-order valence-corrected chi connectivity index (χ2v) is 10.6. The third kappa shape index (κ3) is 6.23. The lowest BCUT2D eigenvalue weighted by Gasteiger charge is -2.41. The number of nitrogens with one attached hydrogen (secondary N) is 1. The van der Waals surface area contributed by atoms with E-state index in [-0.39, 0.29) is 5.91 Å². The first-order valence-corrected chi connectivity index (χ1v) is 13.0. The topological polar surface area (TPSA) is 35.6 Å². The molecule has 0 bridgehead atoms. The molecule has 2 fully saturated rings. The maximum absolute atomic E-state index is 12.8. The number of halogens is 2. The lowest BCUT2D eigenvalue weighted by Crippen LogP contribution is -2.45. The molecule has 0 unspecified atom stereocenters. The number of benzene rings is 2. The highest BCUT2D eigenvalue weighted by Crippen LogP contribution is 2.34. The van der Waals surface area contributed by atoms with Gasteiger partial charge in [-0.3, -0.25) is 9.69 Å². The zero-order chi connectivity index (χ0) is 23.4. The number of nitrogens with zero attached hydrogens (tertiary/aromatic N) is 2. The Labute approximate surface area is 208 Å². The third-order valence-electron chi connectivity index (χ3n) is 7.42. The maximum atomic E-state index is 12.8. The summed E-state index contributed by atoms with van der Waals surface area (Å²) < 4.78 is 0. The van der Waals surface area contributed by atoms with Gasteiger partial charge in [0.1, 0.15) is 0 Å². The number of likely N-dealkylation sites (tertiary alicyclic amines) is 1. The van der Waals surface area contributed by atoms with Crippen LogP contribution in [0.25, 0.3) is 0 Å². The SMILES string of the molecule is C[C@@H]1CCC[C@H](C)N1CCC1CCN(c2ccc(Cl)cc2NC(=O)c2cccc(Cl)c2)CC1. The first-order valence-electron chi connectivity index (χ1n) is 12.3. The number of piperidine rings is 2. The quantitative estimate of drug-likeness (QED) is 0.471. The Morgan fingerprint density at radius 3 is 2.36 bits per heavy atom. The Bertz CT molecular complexity index is 948. The summed E-state index contributed by atoms with van der Waals surface area (Å²) in [6.07, 6.45) is 7.68. The predicted molar refractivity (Wildman–Crippen MR) is 140 cm³/mol. The molecule has 2 atom stereocenters. The summed E-state index contributed by atoms with van der Waals surface area (Å²) in [5.74, 6) is 0.583. The number of hydrogen-bond acceptors (Lipinski definition) is 3. The highest BCUT2D eigenvalue weighted by Gasteiger charge is 2.27. The highest BCUT2D eigenvalue weighted by molar-refractivity contribution is 6.31. The number of rotatable bonds is 6. The van der Waals surface area contributed by atoms with Gasteiger partial charge in [-0.1, -0.05) is 35.7 Å². The van der Waals surface area contributed by atoms with Gasteiger partial charge in [0.2, 0.25) is 0 Å². The summed E-state index contributed by atoms with van der Waals surface area (Å²) in [5.41, 5.74) is 2.32. The van der Waals surface area contributed by atoms with Crippen LogP contribution in [-0.2, 0) is 0 Å². The molecule has 33 heavy (non-hydrogen) atoms. The minimum Gasteiger partial charge on any atom is -0.370 e. The minimum atomic E-state index is -0.180. The second kappa shape index (κ2) is 11.1. The van der Waals surface area contributed by atoms with Crippen molar-refractivity contribution in [2.75, 3.05) is 29.9 Å². The summed E-state index contributed by atoms with van der Waals surface area (Å²) in [7, 11) is 0. The predicted octanol–water partition coefficient (Wildman–Crippen LogP) is 7.12. The van der Waals surface area contributed by atoms with Gasteiger partial charge in [-0.05, 0) is 94.8 Å². The molecule has 2 aromatic carbocycles. The molecule has 2 aliphatic heterocycles. The van der Waals surface area contributed by atoms with Gasteiger partial charge in [0.25, 0.3) is 5.91 Å². The maximum Gasteiger partial charge on any atom is 0.255 e. The standard InChI is InChI=1S/C27H35Cl2N3O/c1-19-5-3-6-20(2)32(19)16-13-21-11-14-31(15-12-21)26-10-9-24(29)18-25(26)30-27(33)22-7-4-8-23(28)17-22/h4,7-10,17-21H,3,5-6,11-16H2,1-2H3,(H,30,33)/t19-,20+. The fraction of sp³-hybridized carbons (Fsp3) is 0.519. The molecule has 0 aromatic heterocycles. The van der Waals surface area contributed by atoms with E-state index in [1.807, 2.05) is 18.2 Å². The number of amides is 1. The molecule has 0 saturated carbocycles. The summed E-state index contributed by atoms with van der Waals surface area (Å²) in [6.45, 7) is 7.99. The summed E-state index contributed by atoms with van der Waals surface area (Å²) in [5, 5.41) is 4.21. The molecule has 2 saturated heterocycles. The molecule has 1 amide bonds. The van der Waals surface area contributed by atoms with Crippen molar-refractivity contribution in [3.8, 4) is 0 Å². The average molecular weight is 489 g/mol. The number of hydrogen-bond donors (Lipinski definition) is 1. The molecule has 0 spiro atoms. The van der Waals surface area contributed by atoms with Crippen molar-refractivity contribution >= 4 is 40.5 Å². The van der Waals surface area contributed by atoms with Crippen molar-refractivity contribution in [2.24, 2.45) is 5.92 Å². The molecule has 2 heterocycles. The van der Waals surface area contributed by atoms with Crippen molar-refractivity contribution in [3.63, 3.8) is 0 Å². The van der Waals surface area contributed by atoms with Crippen LogP contribution in [0.4, 0.5) is 11.4 Å². The van der Waals surface area contributed by atoms with Crippen LogP contribution in [0.2, 0.25) is 10.0 Å². The first-order chi connectivity index (χ1) is 15.9. The molecule has 6 heteroatoms. The lowest BCUT2D eigenvalue weighted by atomic mass is 9.91. The molecule has 0 radical (unpaired) electrons. The summed E-state index contributed by atoms with van der Waals surface area (Å²) >= 11 is 12.3. The van der Waals surface area contributed by atoms with Gasteiger partial charge >= 0.3 is 0 Å². The molecular formula is C27H35Cl2N3O. The Balaban J connectivity index is 1.36. The zero-order valence-corrected chi connectivity index (χ0v) is 21.2. The van der Waals surface area contributed by atoms with Gasteiger partial charge in [0.05, 0.1) is 11.4 Å². The monoisotopic (exact) mass is 487 g/mol. The number of carbonyl (C=O) groups excluding carboxylic acids is 1. The van der Waals surface area contributed by atoms with Crippen LogP contribution in [0, 0.1) is 5.92 Å². The molecule has 4 nitrogen and oxygen atoms in total. The van der Waals surface area contributed by atoms with Crippen molar-refractivity contribution < 1.29 is 4.79 Å². The van der Waals surface area contributed by atoms with E-state index < -0.39 is 0 Å². The number of anilines is 2. The molecule has 0 aliphatic carbocycles. The first kappa shape index (κ1) is 24.4. The largest absolute Gasteiger partial charge is 0.370 e. The van der Waals surface area contributed by atoms with E-state index in [4.69, 9.17) is 23.2 Å². The van der Waals surface area contributed by atoms with Gasteiger partial charge in [-0.25, -0.2) is 0 Å². The Hall–Kier alpha value is -1.75. The van der Waals surface area contributed by atoms with Crippen molar-refractivity contribution in [2.45, 2.75) is 64.5 Å². The Morgan fingerprint density at radius 1 is 0.970 bits per heavy atom. The van der Waals surface area contributed by atoms with E-state index in [2.05, 4.69) is 29.0 Å². The van der Waals surface area contributed by atoms with Crippen LogP contribution in [-0.4, -0.2) is 42.5 Å². The van der Waals surface area contributed by atoms with E-state index in [0.29, 0.717) is 27.7 Å². The van der Waals surface area contributed by atoms with E-state index in [0.717, 1.165) is 30.4 Å². The second-order valence-electron chi connectivity index (χ2n) is 9.71. The van der Waals surface area contributed by atoms with Crippen LogP contribution in [0.3, 0.4) is 0 Å². The molecule has 4 rings (SSSR count). The molecule has 1 N–H and O–H groups in total. The number of carbonyl (C=O) groups is 1. The van der Waals surface area contributed by atoms with Crippen LogP contribution in [0.15, 0.2) is 42.5 Å². The fourth-order valence-electron chi connectivity index (χ4n) is 5.42. The molecular weight excluding hydrogens is 453 g/mol. The van der Waals surface area contributed by atoms with Crippen molar-refractivity contribution in [1.29, 1.82) is 0 Å². The van der Waals surface area contributed by atoms with Gasteiger partial charge in [-0.2, -0.15) is 0 Å². The van der Waals surface area contributed by atoms with E-state index in [9.17, 15) is 4.79 Å². The molecule has 2 aliphatic rings. The van der Waals surface area contributed by atoms with Gasteiger partial charge in [0, 0.05) is 40.8 Å². The van der Waals surface area contributed by atoms with Gasteiger partial charge in [0.15, 0.2) is 0 Å². The zero-order valence-electron chi connectivity index (χ0n) is 19.7. The van der Waals surface area contributed by atoms with Crippen LogP contribution in [0.5, 0.6) is 0 Å². The van der Waals surface area contributed by atoms with Crippen LogP contribution < -0.4 is 10.2 Å². The van der Waals surface area contributed by atoms with E-state index in [1.165, 1.54) is 45.1 Å². The minimum absolute atomic E-state index is 0.180. The van der Waals surface area contributed by atoms with E-state index >= 15 is 0 Å². The molecule has 178 valence electrons. The molecule has 2 aromatic rings. The third-order valence-corrected chi connectivity index (χ3v) is 7.89. The lowest BCUT2D eigenvalue weighted by molar-refractivity contribution is 0.0939. The van der Waals surface area contributed by atoms with Crippen molar-refractivity contribution in [1.82, 2.24) is 4.90 Å². The van der Waals surface area contributed by atoms with E-state index in [1.54, 1.807) is 24.3 Å². The summed E-state index contributed by atoms with van der Waals surface area (Å²) in [6, 6.07) is 14.2. The Kier molecular flexibility index (Phi) is 8.21. The van der Waals surface area contributed by atoms with Gasteiger partial charge < -0.3 is 10.2 Å². The van der Waals surface area contributed by atoms with Crippen molar-refractivity contribution in [3.05, 3.63) is 58.1 Å².